The number of esters is 1. The van der Waals surface area contributed by atoms with Crippen LogP contribution < -0.4 is 5.32 Å². The Morgan fingerprint density at radius 3 is 2.37 bits per heavy atom. The summed E-state index contributed by atoms with van der Waals surface area (Å²) >= 11 is 0. The van der Waals surface area contributed by atoms with Crippen LogP contribution in [0.1, 0.15) is 15.9 Å². The molecule has 0 aliphatic heterocycles. The first kappa shape index (κ1) is 15.1. The van der Waals surface area contributed by atoms with Crippen LogP contribution in [0, 0.1) is 0 Å². The molecular formula is C13H17NO5. The van der Waals surface area contributed by atoms with Gasteiger partial charge in [0.15, 0.2) is 6.04 Å². The number of rotatable bonds is 6. The van der Waals surface area contributed by atoms with E-state index in [0.29, 0.717) is 12.2 Å². The third kappa shape index (κ3) is 4.35. The van der Waals surface area contributed by atoms with Gasteiger partial charge in [-0.15, -0.1) is 0 Å². The van der Waals surface area contributed by atoms with E-state index in [2.05, 4.69) is 10.1 Å². The van der Waals surface area contributed by atoms with Gasteiger partial charge in [0.2, 0.25) is 0 Å². The smallest absolute Gasteiger partial charge is 0.330 e. The molecule has 1 atom stereocenters. The van der Waals surface area contributed by atoms with Crippen LogP contribution in [0.2, 0.25) is 0 Å². The highest BCUT2D eigenvalue weighted by Crippen LogP contribution is 2.06. The Morgan fingerprint density at radius 2 is 1.89 bits per heavy atom. The van der Waals surface area contributed by atoms with E-state index in [-0.39, 0.29) is 0 Å². The summed E-state index contributed by atoms with van der Waals surface area (Å²) in [6, 6.07) is 5.69. The van der Waals surface area contributed by atoms with Crippen LogP contribution >= 0.6 is 0 Å². The lowest BCUT2D eigenvalue weighted by atomic mass is 10.1. The number of carbonyl (C=O) groups excluding carboxylic acids is 2. The Morgan fingerprint density at radius 1 is 1.26 bits per heavy atom. The largest absolute Gasteiger partial charge is 0.467 e. The van der Waals surface area contributed by atoms with Crippen molar-refractivity contribution >= 4 is 11.9 Å². The molecule has 1 amide bonds. The second kappa shape index (κ2) is 7.50. The standard InChI is InChI=1S/C13H17NO5/c1-18-8-9-3-5-10(6-4-9)12(16)14-11(7-15)13(17)19-2/h3-6,11,15H,7-8H2,1-2H3,(H,14,16). The molecule has 2 N–H and O–H groups in total. The second-order valence-corrected chi connectivity index (χ2v) is 3.86. The van der Waals surface area contributed by atoms with E-state index in [1.54, 1.807) is 31.4 Å². The van der Waals surface area contributed by atoms with Crippen LogP contribution in [0.4, 0.5) is 0 Å². The quantitative estimate of drug-likeness (QED) is 0.714. The summed E-state index contributed by atoms with van der Waals surface area (Å²) in [4.78, 5) is 23.1. The predicted molar refractivity (Wildman–Crippen MR) is 67.5 cm³/mol. The van der Waals surface area contributed by atoms with Crippen molar-refractivity contribution in [3.63, 3.8) is 0 Å². The van der Waals surface area contributed by atoms with E-state index in [0.717, 1.165) is 5.56 Å². The van der Waals surface area contributed by atoms with E-state index in [1.807, 2.05) is 0 Å². The molecule has 0 aliphatic carbocycles. The van der Waals surface area contributed by atoms with Gasteiger partial charge < -0.3 is 19.9 Å². The molecule has 0 fully saturated rings. The van der Waals surface area contributed by atoms with Gasteiger partial charge in [-0.3, -0.25) is 4.79 Å². The third-order valence-electron chi connectivity index (χ3n) is 2.50. The highest BCUT2D eigenvalue weighted by molar-refractivity contribution is 5.96. The highest BCUT2D eigenvalue weighted by atomic mass is 16.5. The number of nitrogens with one attached hydrogen (secondary N) is 1. The van der Waals surface area contributed by atoms with Gasteiger partial charge in [0, 0.05) is 12.7 Å². The van der Waals surface area contributed by atoms with Gasteiger partial charge in [0.25, 0.3) is 5.91 Å². The SMILES string of the molecule is COCc1ccc(C(=O)NC(CO)C(=O)OC)cc1. The summed E-state index contributed by atoms with van der Waals surface area (Å²) in [5.74, 6) is -1.14. The fourth-order valence-electron chi connectivity index (χ4n) is 1.48. The van der Waals surface area contributed by atoms with Crippen molar-refractivity contribution in [2.45, 2.75) is 12.6 Å². The summed E-state index contributed by atoms with van der Waals surface area (Å²) in [5, 5.41) is 11.4. The van der Waals surface area contributed by atoms with E-state index < -0.39 is 24.5 Å². The molecule has 0 radical (unpaired) electrons. The first-order valence-electron chi connectivity index (χ1n) is 5.69. The molecule has 1 unspecified atom stereocenters. The molecule has 0 bridgehead atoms. The summed E-state index contributed by atoms with van der Waals surface area (Å²) in [6.45, 7) is -0.0521. The molecule has 0 saturated carbocycles. The summed E-state index contributed by atoms with van der Waals surface area (Å²) in [6.07, 6.45) is 0. The van der Waals surface area contributed by atoms with Gasteiger partial charge in [-0.2, -0.15) is 0 Å². The van der Waals surface area contributed by atoms with Crippen LogP contribution in [-0.4, -0.2) is 43.9 Å². The van der Waals surface area contributed by atoms with Gasteiger partial charge in [-0.25, -0.2) is 4.79 Å². The zero-order valence-corrected chi connectivity index (χ0v) is 10.9. The molecule has 0 heterocycles. The highest BCUT2D eigenvalue weighted by Gasteiger charge is 2.20. The van der Waals surface area contributed by atoms with E-state index in [9.17, 15) is 9.59 Å². The molecule has 1 aromatic carbocycles. The Kier molecular flexibility index (Phi) is 5.98. The minimum absolute atomic E-state index is 0.391. The topological polar surface area (TPSA) is 84.9 Å². The van der Waals surface area contributed by atoms with E-state index >= 15 is 0 Å². The summed E-state index contributed by atoms with van der Waals surface area (Å²) < 4.78 is 9.42. The van der Waals surface area contributed by atoms with Crippen LogP contribution in [0.5, 0.6) is 0 Å². The predicted octanol–water partition coefficient (Wildman–Crippen LogP) is 0.0967. The number of ether oxygens (including phenoxy) is 2. The maximum atomic E-state index is 11.8. The molecule has 1 rings (SSSR count). The van der Waals surface area contributed by atoms with Gasteiger partial charge in [0.05, 0.1) is 20.3 Å². The lowest BCUT2D eigenvalue weighted by Gasteiger charge is -2.13. The number of hydrogen-bond donors (Lipinski definition) is 2. The number of methoxy groups -OCH3 is 2. The van der Waals surface area contributed by atoms with Crippen molar-refractivity contribution in [2.24, 2.45) is 0 Å². The molecule has 6 nitrogen and oxygen atoms in total. The minimum atomic E-state index is -1.06. The van der Waals surface area contributed by atoms with Crippen molar-refractivity contribution < 1.29 is 24.2 Å². The van der Waals surface area contributed by atoms with Crippen LogP contribution in [0.3, 0.4) is 0 Å². The van der Waals surface area contributed by atoms with Crippen molar-refractivity contribution in [1.29, 1.82) is 0 Å². The molecule has 6 heteroatoms. The minimum Gasteiger partial charge on any atom is -0.467 e. The van der Waals surface area contributed by atoms with Crippen molar-refractivity contribution in [3.8, 4) is 0 Å². The molecule has 0 aliphatic rings. The molecule has 104 valence electrons. The Hall–Kier alpha value is -1.92. The number of carbonyl (C=O) groups is 2. The molecule has 0 saturated heterocycles. The van der Waals surface area contributed by atoms with Gasteiger partial charge in [-0.05, 0) is 17.7 Å². The first-order valence-corrected chi connectivity index (χ1v) is 5.69. The lowest BCUT2D eigenvalue weighted by molar-refractivity contribution is -0.143. The van der Waals surface area contributed by atoms with Crippen molar-refractivity contribution in [1.82, 2.24) is 5.32 Å². The number of hydrogen-bond acceptors (Lipinski definition) is 5. The van der Waals surface area contributed by atoms with Gasteiger partial charge in [-0.1, -0.05) is 12.1 Å². The maximum absolute atomic E-state index is 11.8. The van der Waals surface area contributed by atoms with Gasteiger partial charge >= 0.3 is 5.97 Å². The molecule has 19 heavy (non-hydrogen) atoms. The van der Waals surface area contributed by atoms with Gasteiger partial charge in [0.1, 0.15) is 0 Å². The van der Waals surface area contributed by atoms with E-state index in [4.69, 9.17) is 9.84 Å². The summed E-state index contributed by atoms with van der Waals surface area (Å²) in [5.41, 5.74) is 1.33. The Balaban J connectivity index is 2.69. The zero-order chi connectivity index (χ0) is 14.3. The molecular weight excluding hydrogens is 250 g/mol. The van der Waals surface area contributed by atoms with Crippen LogP contribution in [0.25, 0.3) is 0 Å². The fourth-order valence-corrected chi connectivity index (χ4v) is 1.48. The number of aliphatic hydroxyl groups is 1. The molecule has 1 aromatic rings. The third-order valence-corrected chi connectivity index (χ3v) is 2.50. The zero-order valence-electron chi connectivity index (χ0n) is 10.9. The molecule has 0 aromatic heterocycles. The fraction of sp³-hybridized carbons (Fsp3) is 0.385. The average molecular weight is 267 g/mol. The number of benzene rings is 1. The van der Waals surface area contributed by atoms with Crippen LogP contribution in [-0.2, 0) is 20.9 Å². The number of aliphatic hydroxyl groups excluding tert-OH is 1. The van der Waals surface area contributed by atoms with Crippen molar-refractivity contribution in [3.05, 3.63) is 35.4 Å². The van der Waals surface area contributed by atoms with Crippen molar-refractivity contribution in [2.75, 3.05) is 20.8 Å². The normalized spacial score (nSPS) is 11.7. The lowest BCUT2D eigenvalue weighted by Crippen LogP contribution is -2.44. The Bertz CT molecular complexity index is 429. The average Bonchev–Trinajstić information content (AvgIpc) is 2.44. The number of amides is 1. The first-order chi connectivity index (χ1) is 9.12. The maximum Gasteiger partial charge on any atom is 0.330 e. The second-order valence-electron chi connectivity index (χ2n) is 3.86. The monoisotopic (exact) mass is 267 g/mol. The molecule has 0 spiro atoms. The van der Waals surface area contributed by atoms with Crippen LogP contribution in [0.15, 0.2) is 24.3 Å². The Labute approximate surface area is 111 Å². The summed E-state index contributed by atoms with van der Waals surface area (Å²) in [7, 11) is 2.78. The van der Waals surface area contributed by atoms with E-state index in [1.165, 1.54) is 7.11 Å².